The molecule has 2 aliphatic heterocycles. The zero-order valence-electron chi connectivity index (χ0n) is 12.0. The van der Waals surface area contributed by atoms with Gasteiger partial charge in [-0.3, -0.25) is 0 Å². The van der Waals surface area contributed by atoms with Crippen LogP contribution in [0.3, 0.4) is 0 Å². The number of benzene rings is 1. The Morgan fingerprint density at radius 1 is 1.15 bits per heavy atom. The van der Waals surface area contributed by atoms with E-state index in [1.807, 2.05) is 11.3 Å². The van der Waals surface area contributed by atoms with E-state index in [0.717, 1.165) is 12.1 Å². The predicted molar refractivity (Wildman–Crippen MR) is 87.8 cm³/mol. The molecule has 2 saturated heterocycles. The maximum atomic E-state index is 3.51. The van der Waals surface area contributed by atoms with Crippen molar-refractivity contribution in [3.05, 3.63) is 29.6 Å². The van der Waals surface area contributed by atoms with Crippen molar-refractivity contribution in [1.82, 2.24) is 5.32 Å². The first-order chi connectivity index (χ1) is 9.85. The third kappa shape index (κ3) is 2.04. The van der Waals surface area contributed by atoms with E-state index < -0.39 is 0 Å². The average molecular weight is 286 g/mol. The average Bonchev–Trinajstić information content (AvgIpc) is 2.93. The summed E-state index contributed by atoms with van der Waals surface area (Å²) in [6, 6.07) is 11.5. The molecular weight excluding hydrogens is 264 g/mol. The van der Waals surface area contributed by atoms with Gasteiger partial charge in [-0.1, -0.05) is 0 Å². The van der Waals surface area contributed by atoms with Crippen LogP contribution in [-0.4, -0.2) is 25.2 Å². The highest BCUT2D eigenvalue weighted by Crippen LogP contribution is 2.39. The Balaban J connectivity index is 1.69. The quantitative estimate of drug-likeness (QED) is 0.897. The molecule has 0 aliphatic carbocycles. The summed E-state index contributed by atoms with van der Waals surface area (Å²) in [5.41, 5.74) is 1.44. The lowest BCUT2D eigenvalue weighted by molar-refractivity contribution is 0.252. The lowest BCUT2D eigenvalue weighted by atomic mass is 9.81. The number of nitrogens with zero attached hydrogens (tertiary/aromatic N) is 1. The molecule has 2 aromatic rings. The molecule has 2 atom stereocenters. The van der Waals surface area contributed by atoms with Gasteiger partial charge < -0.3 is 10.2 Å². The van der Waals surface area contributed by atoms with E-state index in [1.165, 1.54) is 47.9 Å². The van der Waals surface area contributed by atoms with Crippen molar-refractivity contribution in [2.45, 2.75) is 50.2 Å². The van der Waals surface area contributed by atoms with Crippen LogP contribution in [0, 0.1) is 0 Å². The molecule has 0 spiro atoms. The van der Waals surface area contributed by atoms with Gasteiger partial charge in [-0.25, -0.2) is 0 Å². The van der Waals surface area contributed by atoms with E-state index in [2.05, 4.69) is 46.9 Å². The Labute approximate surface area is 124 Å². The summed E-state index contributed by atoms with van der Waals surface area (Å²) in [6.45, 7) is 0. The fraction of sp³-hybridized carbons (Fsp3) is 0.529. The molecule has 2 bridgehead atoms. The molecule has 106 valence electrons. The Morgan fingerprint density at radius 3 is 2.70 bits per heavy atom. The van der Waals surface area contributed by atoms with Gasteiger partial charge in [0.1, 0.15) is 0 Å². The minimum atomic E-state index is 0.714. The molecule has 3 heterocycles. The monoisotopic (exact) mass is 286 g/mol. The Morgan fingerprint density at radius 2 is 1.95 bits per heavy atom. The molecule has 1 N–H and O–H groups in total. The maximum absolute atomic E-state index is 3.51. The molecule has 1 aromatic heterocycles. The first-order valence-electron chi connectivity index (χ1n) is 7.78. The summed E-state index contributed by atoms with van der Waals surface area (Å²) in [7, 11) is 2.12. The van der Waals surface area contributed by atoms with Gasteiger partial charge in [0, 0.05) is 28.5 Å². The van der Waals surface area contributed by atoms with E-state index in [4.69, 9.17) is 0 Å². The van der Waals surface area contributed by atoms with E-state index in [-0.39, 0.29) is 0 Å². The number of hydrogen-bond acceptors (Lipinski definition) is 3. The van der Waals surface area contributed by atoms with Crippen LogP contribution in [0.5, 0.6) is 0 Å². The van der Waals surface area contributed by atoms with Gasteiger partial charge in [0.25, 0.3) is 0 Å². The standard InChI is InChI=1S/C17H22N2S/c1-18-13-10-14-3-2-4-15(11-13)19(14)16-5-6-17-12(9-16)7-8-20-17/h5-9,13-15,18H,2-4,10-11H2,1H3. The van der Waals surface area contributed by atoms with Gasteiger partial charge in [-0.15, -0.1) is 11.3 Å². The zero-order valence-corrected chi connectivity index (χ0v) is 12.8. The van der Waals surface area contributed by atoms with Gasteiger partial charge >= 0.3 is 0 Å². The number of nitrogens with one attached hydrogen (secondary N) is 1. The largest absolute Gasteiger partial charge is 0.365 e. The molecule has 1 aromatic carbocycles. The molecule has 0 amide bonds. The SMILES string of the molecule is CNC1CC2CCCC(C1)N2c1ccc2sccc2c1. The predicted octanol–water partition coefficient (Wildman–Crippen LogP) is 4.01. The van der Waals surface area contributed by atoms with Crippen molar-refractivity contribution in [1.29, 1.82) is 0 Å². The molecule has 0 radical (unpaired) electrons. The van der Waals surface area contributed by atoms with Crippen LogP contribution in [-0.2, 0) is 0 Å². The van der Waals surface area contributed by atoms with Crippen LogP contribution in [0.4, 0.5) is 5.69 Å². The van der Waals surface area contributed by atoms with Gasteiger partial charge in [0.2, 0.25) is 0 Å². The van der Waals surface area contributed by atoms with Crippen LogP contribution in [0.25, 0.3) is 10.1 Å². The van der Waals surface area contributed by atoms with Crippen molar-refractivity contribution in [2.24, 2.45) is 0 Å². The highest BCUT2D eigenvalue weighted by molar-refractivity contribution is 7.17. The minimum absolute atomic E-state index is 0.714. The molecule has 0 saturated carbocycles. The molecule has 2 unspecified atom stereocenters. The molecular formula is C17H22N2S. The first kappa shape index (κ1) is 12.7. The van der Waals surface area contributed by atoms with Crippen LogP contribution in [0.15, 0.2) is 29.6 Å². The topological polar surface area (TPSA) is 15.3 Å². The second-order valence-corrected chi connectivity index (χ2v) is 7.19. The van der Waals surface area contributed by atoms with Crippen molar-refractivity contribution in [3.8, 4) is 0 Å². The van der Waals surface area contributed by atoms with Gasteiger partial charge in [0.15, 0.2) is 0 Å². The van der Waals surface area contributed by atoms with E-state index >= 15 is 0 Å². The number of fused-ring (bicyclic) bond motifs is 3. The summed E-state index contributed by atoms with van der Waals surface area (Å²) in [4.78, 5) is 2.73. The van der Waals surface area contributed by atoms with Crippen molar-refractivity contribution in [3.63, 3.8) is 0 Å². The summed E-state index contributed by atoms with van der Waals surface area (Å²) >= 11 is 1.84. The fourth-order valence-corrected chi connectivity index (χ4v) is 4.92. The number of thiophene rings is 1. The normalized spacial score (nSPS) is 29.9. The van der Waals surface area contributed by atoms with Gasteiger partial charge in [0.05, 0.1) is 0 Å². The number of hydrogen-bond donors (Lipinski definition) is 1. The minimum Gasteiger partial charge on any atom is -0.365 e. The number of rotatable bonds is 2. The summed E-state index contributed by atoms with van der Waals surface area (Å²) in [5, 5.41) is 7.11. The lowest BCUT2D eigenvalue weighted by Gasteiger charge is -2.50. The molecule has 2 aliphatic rings. The Bertz CT molecular complexity index is 592. The Kier molecular flexibility index (Phi) is 3.20. The van der Waals surface area contributed by atoms with Gasteiger partial charge in [-0.2, -0.15) is 0 Å². The lowest BCUT2D eigenvalue weighted by Crippen LogP contribution is -2.56. The molecule has 20 heavy (non-hydrogen) atoms. The maximum Gasteiger partial charge on any atom is 0.0378 e. The van der Waals surface area contributed by atoms with Gasteiger partial charge in [-0.05, 0) is 74.2 Å². The van der Waals surface area contributed by atoms with Crippen molar-refractivity contribution >= 4 is 27.1 Å². The van der Waals surface area contributed by atoms with Crippen LogP contribution < -0.4 is 10.2 Å². The first-order valence-corrected chi connectivity index (χ1v) is 8.66. The van der Waals surface area contributed by atoms with Crippen LogP contribution in [0.2, 0.25) is 0 Å². The van der Waals surface area contributed by atoms with E-state index in [9.17, 15) is 0 Å². The third-order valence-electron chi connectivity index (χ3n) is 5.12. The van der Waals surface area contributed by atoms with Crippen molar-refractivity contribution in [2.75, 3.05) is 11.9 Å². The van der Waals surface area contributed by atoms with Crippen LogP contribution >= 0.6 is 11.3 Å². The highest BCUT2D eigenvalue weighted by atomic mass is 32.1. The Hall–Kier alpha value is -1.06. The highest BCUT2D eigenvalue weighted by Gasteiger charge is 2.37. The summed E-state index contributed by atoms with van der Waals surface area (Å²) < 4.78 is 1.41. The second kappa shape index (κ2) is 5.05. The molecule has 2 fully saturated rings. The summed E-state index contributed by atoms with van der Waals surface area (Å²) in [5.74, 6) is 0. The molecule has 3 heteroatoms. The van der Waals surface area contributed by atoms with E-state index in [0.29, 0.717) is 6.04 Å². The smallest absolute Gasteiger partial charge is 0.0378 e. The van der Waals surface area contributed by atoms with Crippen LogP contribution in [0.1, 0.15) is 32.1 Å². The molecule has 2 nitrogen and oxygen atoms in total. The number of piperidine rings is 2. The zero-order chi connectivity index (χ0) is 13.5. The third-order valence-corrected chi connectivity index (χ3v) is 6.01. The molecule has 4 rings (SSSR count). The summed E-state index contributed by atoms with van der Waals surface area (Å²) in [6.07, 6.45) is 6.72. The number of anilines is 1. The van der Waals surface area contributed by atoms with E-state index in [1.54, 1.807) is 0 Å². The second-order valence-electron chi connectivity index (χ2n) is 6.25. The fourth-order valence-electron chi connectivity index (χ4n) is 4.15. The van der Waals surface area contributed by atoms with Crippen molar-refractivity contribution < 1.29 is 0 Å².